The Bertz CT molecular complexity index is 614. The first kappa shape index (κ1) is 13.0. The first-order valence-corrected chi connectivity index (χ1v) is 5.74. The molecule has 0 aliphatic rings. The van der Waals surface area contributed by atoms with Gasteiger partial charge in [-0.25, -0.2) is 4.39 Å². The minimum atomic E-state index is -0.546. The van der Waals surface area contributed by atoms with E-state index in [1.54, 1.807) is 32.3 Å². The van der Waals surface area contributed by atoms with Gasteiger partial charge < -0.3 is 10.6 Å². The van der Waals surface area contributed by atoms with Gasteiger partial charge in [0.15, 0.2) is 0 Å². The SMILES string of the molecule is Cc1cc(N)cc(C(=O)N(C)c2cccnc2)c1F. The lowest BCUT2D eigenvalue weighted by Gasteiger charge is -2.18. The topological polar surface area (TPSA) is 59.2 Å². The van der Waals surface area contributed by atoms with E-state index in [2.05, 4.69) is 4.98 Å². The lowest BCUT2D eigenvalue weighted by atomic mass is 10.1. The minimum Gasteiger partial charge on any atom is -0.399 e. The second kappa shape index (κ2) is 5.06. The number of rotatable bonds is 2. The average molecular weight is 259 g/mol. The van der Waals surface area contributed by atoms with Crippen LogP contribution in [0.15, 0.2) is 36.7 Å². The predicted molar refractivity (Wildman–Crippen MR) is 72.5 cm³/mol. The number of nitrogen functional groups attached to an aromatic ring is 1. The molecule has 0 saturated carbocycles. The van der Waals surface area contributed by atoms with E-state index in [-0.39, 0.29) is 5.56 Å². The highest BCUT2D eigenvalue weighted by Gasteiger charge is 2.19. The van der Waals surface area contributed by atoms with Crippen molar-refractivity contribution < 1.29 is 9.18 Å². The molecular formula is C14H14FN3O. The number of anilines is 2. The molecule has 2 aromatic rings. The summed E-state index contributed by atoms with van der Waals surface area (Å²) < 4.78 is 14.0. The summed E-state index contributed by atoms with van der Waals surface area (Å²) >= 11 is 0. The molecule has 1 amide bonds. The highest BCUT2D eigenvalue weighted by atomic mass is 19.1. The van der Waals surface area contributed by atoms with Crippen LogP contribution < -0.4 is 10.6 Å². The molecule has 0 radical (unpaired) electrons. The van der Waals surface area contributed by atoms with Gasteiger partial charge in [0.25, 0.3) is 5.91 Å². The van der Waals surface area contributed by atoms with Gasteiger partial charge in [-0.2, -0.15) is 0 Å². The summed E-state index contributed by atoms with van der Waals surface area (Å²) in [6.45, 7) is 1.58. The number of nitrogens with zero attached hydrogens (tertiary/aromatic N) is 2. The Morgan fingerprint density at radius 2 is 2.16 bits per heavy atom. The van der Waals surface area contributed by atoms with Gasteiger partial charge in [-0.05, 0) is 36.8 Å². The van der Waals surface area contributed by atoms with Crippen LogP contribution in [-0.2, 0) is 0 Å². The summed E-state index contributed by atoms with van der Waals surface area (Å²) in [6.07, 6.45) is 3.14. The Hall–Kier alpha value is -2.43. The van der Waals surface area contributed by atoms with Crippen molar-refractivity contribution in [2.24, 2.45) is 0 Å². The summed E-state index contributed by atoms with van der Waals surface area (Å²) in [4.78, 5) is 17.5. The van der Waals surface area contributed by atoms with Crippen LogP contribution in [0.3, 0.4) is 0 Å². The molecule has 1 aromatic heterocycles. The molecule has 0 saturated heterocycles. The van der Waals surface area contributed by atoms with E-state index >= 15 is 0 Å². The molecule has 0 bridgehead atoms. The van der Waals surface area contributed by atoms with Gasteiger partial charge in [-0.3, -0.25) is 9.78 Å². The maximum absolute atomic E-state index is 14.0. The third-order valence-corrected chi connectivity index (χ3v) is 2.85. The number of carbonyl (C=O) groups is 1. The molecule has 0 atom stereocenters. The summed E-state index contributed by atoms with van der Waals surface area (Å²) in [5.74, 6) is -1.00. The fourth-order valence-corrected chi connectivity index (χ4v) is 1.80. The number of benzene rings is 1. The van der Waals surface area contributed by atoms with Crippen LogP contribution >= 0.6 is 0 Å². The third kappa shape index (κ3) is 2.54. The molecule has 0 unspecified atom stereocenters. The van der Waals surface area contributed by atoms with Gasteiger partial charge >= 0.3 is 0 Å². The van der Waals surface area contributed by atoms with Crippen LogP contribution in [0.5, 0.6) is 0 Å². The molecule has 19 heavy (non-hydrogen) atoms. The number of hydrogen-bond donors (Lipinski definition) is 1. The predicted octanol–water partition coefficient (Wildman–Crippen LogP) is 2.39. The van der Waals surface area contributed by atoms with E-state index in [0.29, 0.717) is 16.9 Å². The molecule has 5 heteroatoms. The molecule has 0 aliphatic carbocycles. The maximum atomic E-state index is 14.0. The van der Waals surface area contributed by atoms with Crippen molar-refractivity contribution in [2.75, 3.05) is 17.7 Å². The Kier molecular flexibility index (Phi) is 3.46. The number of hydrogen-bond acceptors (Lipinski definition) is 3. The summed E-state index contributed by atoms with van der Waals surface area (Å²) in [7, 11) is 1.57. The minimum absolute atomic E-state index is 0.0381. The monoisotopic (exact) mass is 259 g/mol. The Labute approximate surface area is 110 Å². The summed E-state index contributed by atoms with van der Waals surface area (Å²) in [5.41, 5.74) is 6.92. The molecule has 4 nitrogen and oxygen atoms in total. The molecule has 0 aliphatic heterocycles. The quantitative estimate of drug-likeness (QED) is 0.842. The van der Waals surface area contributed by atoms with E-state index in [0.717, 1.165) is 0 Å². The van der Waals surface area contributed by atoms with Crippen molar-refractivity contribution in [1.29, 1.82) is 0 Å². The second-order valence-electron chi connectivity index (χ2n) is 4.27. The number of carbonyl (C=O) groups excluding carboxylic acids is 1. The lowest BCUT2D eigenvalue weighted by molar-refractivity contribution is 0.0989. The van der Waals surface area contributed by atoms with Gasteiger partial charge in [-0.15, -0.1) is 0 Å². The van der Waals surface area contributed by atoms with Crippen molar-refractivity contribution >= 4 is 17.3 Å². The van der Waals surface area contributed by atoms with Crippen LogP contribution in [0.25, 0.3) is 0 Å². The molecule has 98 valence electrons. The number of nitrogens with two attached hydrogens (primary N) is 1. The number of aromatic nitrogens is 1. The molecule has 0 fully saturated rings. The van der Waals surface area contributed by atoms with E-state index in [4.69, 9.17) is 5.73 Å². The van der Waals surface area contributed by atoms with Crippen molar-refractivity contribution in [3.8, 4) is 0 Å². The van der Waals surface area contributed by atoms with Gasteiger partial charge in [0.05, 0.1) is 17.4 Å². The van der Waals surface area contributed by atoms with E-state index < -0.39 is 11.7 Å². The highest BCUT2D eigenvalue weighted by molar-refractivity contribution is 6.06. The smallest absolute Gasteiger partial charge is 0.261 e. The fraction of sp³-hybridized carbons (Fsp3) is 0.143. The molecule has 2 N–H and O–H groups in total. The van der Waals surface area contributed by atoms with Gasteiger partial charge in [0, 0.05) is 18.9 Å². The average Bonchev–Trinajstić information content (AvgIpc) is 2.42. The number of halogens is 1. The van der Waals surface area contributed by atoms with E-state index in [1.165, 1.54) is 23.2 Å². The van der Waals surface area contributed by atoms with E-state index in [9.17, 15) is 9.18 Å². The normalized spacial score (nSPS) is 10.3. The molecule has 1 aromatic carbocycles. The molecule has 1 heterocycles. The Balaban J connectivity index is 2.40. The Morgan fingerprint density at radius 3 is 2.79 bits per heavy atom. The maximum Gasteiger partial charge on any atom is 0.261 e. The second-order valence-corrected chi connectivity index (χ2v) is 4.27. The first-order valence-electron chi connectivity index (χ1n) is 5.74. The zero-order valence-electron chi connectivity index (χ0n) is 10.7. The van der Waals surface area contributed by atoms with Gasteiger partial charge in [0.1, 0.15) is 5.82 Å². The number of amides is 1. The highest BCUT2D eigenvalue weighted by Crippen LogP contribution is 2.20. The third-order valence-electron chi connectivity index (χ3n) is 2.85. The van der Waals surface area contributed by atoms with Crippen molar-refractivity contribution in [2.45, 2.75) is 6.92 Å². The summed E-state index contributed by atoms with van der Waals surface area (Å²) in [5, 5.41) is 0. The van der Waals surface area contributed by atoms with Gasteiger partial charge in [0.2, 0.25) is 0 Å². The zero-order chi connectivity index (χ0) is 14.0. The van der Waals surface area contributed by atoms with Crippen molar-refractivity contribution in [3.63, 3.8) is 0 Å². The lowest BCUT2D eigenvalue weighted by Crippen LogP contribution is -2.27. The molecule has 2 rings (SSSR count). The van der Waals surface area contributed by atoms with Crippen LogP contribution in [0.4, 0.5) is 15.8 Å². The van der Waals surface area contributed by atoms with Gasteiger partial charge in [-0.1, -0.05) is 0 Å². The van der Waals surface area contributed by atoms with Crippen molar-refractivity contribution in [1.82, 2.24) is 4.98 Å². The number of aryl methyl sites for hydroxylation is 1. The van der Waals surface area contributed by atoms with Crippen LogP contribution in [0.1, 0.15) is 15.9 Å². The Morgan fingerprint density at radius 1 is 1.42 bits per heavy atom. The zero-order valence-corrected chi connectivity index (χ0v) is 10.7. The van der Waals surface area contributed by atoms with Crippen LogP contribution in [0, 0.1) is 12.7 Å². The fourth-order valence-electron chi connectivity index (χ4n) is 1.80. The largest absolute Gasteiger partial charge is 0.399 e. The first-order chi connectivity index (χ1) is 9.00. The van der Waals surface area contributed by atoms with E-state index in [1.807, 2.05) is 0 Å². The summed E-state index contributed by atoms with van der Waals surface area (Å²) in [6, 6.07) is 6.27. The molecule has 0 spiro atoms. The standard InChI is InChI=1S/C14H14FN3O/c1-9-6-10(16)7-12(13(9)15)14(19)18(2)11-4-3-5-17-8-11/h3-8H,16H2,1-2H3. The number of pyridine rings is 1. The molecular weight excluding hydrogens is 245 g/mol. The van der Waals surface area contributed by atoms with Crippen LogP contribution in [-0.4, -0.2) is 17.9 Å². The van der Waals surface area contributed by atoms with Crippen molar-refractivity contribution in [3.05, 3.63) is 53.6 Å². The van der Waals surface area contributed by atoms with Crippen LogP contribution in [0.2, 0.25) is 0 Å².